The first kappa shape index (κ1) is 10.5. The average molecular weight is 306 g/mol. The first-order valence-electron chi connectivity index (χ1n) is 3.45. The van der Waals surface area contributed by atoms with E-state index in [0.29, 0.717) is 10.0 Å². The van der Waals surface area contributed by atoms with E-state index in [2.05, 4.69) is 31.9 Å². The second-order valence-corrected chi connectivity index (χ2v) is 3.62. The quantitative estimate of drug-likeness (QED) is 0.908. The van der Waals surface area contributed by atoms with Crippen molar-refractivity contribution in [2.24, 2.45) is 0 Å². The highest BCUT2D eigenvalue weighted by atomic mass is 79.9. The number of carbonyl (C=O) groups is 1. The van der Waals surface area contributed by atoms with Gasteiger partial charge in [-0.15, -0.1) is 0 Å². The molecule has 13 heavy (non-hydrogen) atoms. The molecule has 68 valence electrons. The summed E-state index contributed by atoms with van der Waals surface area (Å²) >= 11 is 6.39. The van der Waals surface area contributed by atoms with Gasteiger partial charge in [-0.1, -0.05) is 34.1 Å². The summed E-state index contributed by atoms with van der Waals surface area (Å²) in [5.74, 6) is -0.929. The van der Waals surface area contributed by atoms with Gasteiger partial charge in [0, 0.05) is 10.0 Å². The summed E-state index contributed by atoms with van der Waals surface area (Å²) in [6.07, 6.45) is 0. The molecular weight excluding hydrogens is 300 g/mol. The Morgan fingerprint density at radius 2 is 1.85 bits per heavy atom. The highest BCUT2D eigenvalue weighted by molar-refractivity contribution is 9.16. The maximum Gasteiger partial charge on any atom is 0.336 e. The fraction of sp³-hybridized carbons (Fsp3) is 0. The maximum atomic E-state index is 10.8. The van der Waals surface area contributed by atoms with Gasteiger partial charge in [-0.25, -0.2) is 4.79 Å². The number of hydrogen-bond donors (Lipinski definition) is 1. The van der Waals surface area contributed by atoms with Gasteiger partial charge in [0.15, 0.2) is 0 Å². The summed E-state index contributed by atoms with van der Waals surface area (Å²) in [7, 11) is 0. The molecule has 0 unspecified atom stereocenters. The fourth-order valence-electron chi connectivity index (χ4n) is 0.937. The molecule has 0 aliphatic heterocycles. The molecule has 0 atom stereocenters. The number of halogens is 2. The van der Waals surface area contributed by atoms with Crippen LogP contribution in [0.25, 0.3) is 4.48 Å². The molecular formula is C9H6Br2O2. The molecule has 4 heteroatoms. The van der Waals surface area contributed by atoms with Crippen LogP contribution in [-0.4, -0.2) is 11.1 Å². The minimum atomic E-state index is -0.929. The number of aromatic carboxylic acids is 1. The minimum Gasteiger partial charge on any atom is -0.478 e. The Morgan fingerprint density at radius 3 is 2.31 bits per heavy atom. The van der Waals surface area contributed by atoms with Crippen LogP contribution in [0.4, 0.5) is 0 Å². The van der Waals surface area contributed by atoms with E-state index in [-0.39, 0.29) is 5.56 Å². The Balaban J connectivity index is 3.28. The summed E-state index contributed by atoms with van der Waals surface area (Å²) in [6.45, 7) is 0. The smallest absolute Gasteiger partial charge is 0.336 e. The predicted octanol–water partition coefficient (Wildman–Crippen LogP) is 3.47. The second-order valence-electron chi connectivity index (χ2n) is 2.31. The standard InChI is InChI=1S/C9H6Br2O2/c10-5-8(11)6-3-1-2-4-7(6)9(12)13/h1-5H,(H,12,13)/b8-5-. The molecule has 0 aromatic heterocycles. The summed E-state index contributed by atoms with van der Waals surface area (Å²) in [5.41, 5.74) is 0.942. The third-order valence-corrected chi connectivity index (χ3v) is 3.24. The third kappa shape index (κ3) is 2.42. The first-order chi connectivity index (χ1) is 6.16. The van der Waals surface area contributed by atoms with E-state index in [4.69, 9.17) is 5.11 Å². The third-order valence-electron chi connectivity index (χ3n) is 1.51. The lowest BCUT2D eigenvalue weighted by atomic mass is 10.1. The molecule has 0 saturated heterocycles. The normalized spacial score (nSPS) is 11.4. The van der Waals surface area contributed by atoms with E-state index in [1.54, 1.807) is 29.3 Å². The molecule has 0 aliphatic carbocycles. The highest BCUT2D eigenvalue weighted by Crippen LogP contribution is 2.25. The molecule has 0 fully saturated rings. The highest BCUT2D eigenvalue weighted by Gasteiger charge is 2.10. The van der Waals surface area contributed by atoms with Gasteiger partial charge in [0.1, 0.15) is 0 Å². The van der Waals surface area contributed by atoms with E-state index < -0.39 is 5.97 Å². The fourth-order valence-corrected chi connectivity index (χ4v) is 1.53. The van der Waals surface area contributed by atoms with Crippen molar-refractivity contribution in [3.63, 3.8) is 0 Å². The van der Waals surface area contributed by atoms with Gasteiger partial charge in [0.2, 0.25) is 0 Å². The molecule has 1 N–H and O–H groups in total. The molecule has 0 spiro atoms. The number of carboxylic acids is 1. The van der Waals surface area contributed by atoms with Crippen LogP contribution in [0.15, 0.2) is 29.3 Å². The van der Waals surface area contributed by atoms with Gasteiger partial charge in [-0.05, 0) is 27.0 Å². The Kier molecular flexibility index (Phi) is 3.69. The zero-order valence-corrected chi connectivity index (χ0v) is 9.67. The summed E-state index contributed by atoms with van der Waals surface area (Å²) in [5, 5.41) is 8.85. The van der Waals surface area contributed by atoms with Crippen molar-refractivity contribution in [1.82, 2.24) is 0 Å². The van der Waals surface area contributed by atoms with Crippen molar-refractivity contribution in [1.29, 1.82) is 0 Å². The van der Waals surface area contributed by atoms with Crippen molar-refractivity contribution in [3.8, 4) is 0 Å². The van der Waals surface area contributed by atoms with Gasteiger partial charge < -0.3 is 5.11 Å². The van der Waals surface area contributed by atoms with Crippen LogP contribution >= 0.6 is 31.9 Å². The summed E-state index contributed by atoms with van der Waals surface area (Å²) in [6, 6.07) is 6.79. The first-order valence-corrected chi connectivity index (χ1v) is 5.16. The lowest BCUT2D eigenvalue weighted by molar-refractivity contribution is 0.0696. The molecule has 1 aromatic rings. The van der Waals surface area contributed by atoms with E-state index in [1.165, 1.54) is 0 Å². The molecule has 0 heterocycles. The molecule has 0 saturated carbocycles. The monoisotopic (exact) mass is 304 g/mol. The number of hydrogen-bond acceptors (Lipinski definition) is 1. The van der Waals surface area contributed by atoms with Crippen molar-refractivity contribution in [2.45, 2.75) is 0 Å². The van der Waals surface area contributed by atoms with Crippen LogP contribution < -0.4 is 0 Å². The molecule has 1 rings (SSSR count). The molecule has 1 aromatic carbocycles. The van der Waals surface area contributed by atoms with E-state index in [9.17, 15) is 4.79 Å². The van der Waals surface area contributed by atoms with Crippen molar-refractivity contribution >= 4 is 42.3 Å². The van der Waals surface area contributed by atoms with Gasteiger partial charge in [0.25, 0.3) is 0 Å². The van der Waals surface area contributed by atoms with Gasteiger partial charge in [0.05, 0.1) is 5.56 Å². The molecule has 0 bridgehead atoms. The van der Waals surface area contributed by atoms with Crippen LogP contribution in [-0.2, 0) is 0 Å². The predicted molar refractivity (Wildman–Crippen MR) is 59.2 cm³/mol. The lowest BCUT2D eigenvalue weighted by Gasteiger charge is -2.02. The number of benzene rings is 1. The molecule has 0 aliphatic rings. The summed E-state index contributed by atoms with van der Waals surface area (Å²) in [4.78, 5) is 12.4. The number of rotatable bonds is 2. The SMILES string of the molecule is O=C(O)c1ccccc1/C(Br)=C/Br. The van der Waals surface area contributed by atoms with Crippen molar-refractivity contribution in [2.75, 3.05) is 0 Å². The minimum absolute atomic E-state index is 0.282. The van der Waals surface area contributed by atoms with Gasteiger partial charge in [-0.2, -0.15) is 0 Å². The molecule has 0 amide bonds. The van der Waals surface area contributed by atoms with Crippen LogP contribution in [0.5, 0.6) is 0 Å². The van der Waals surface area contributed by atoms with Crippen molar-refractivity contribution in [3.05, 3.63) is 40.4 Å². The van der Waals surface area contributed by atoms with Crippen LogP contribution in [0.3, 0.4) is 0 Å². The summed E-state index contributed by atoms with van der Waals surface area (Å²) < 4.78 is 0.713. The zero-order valence-electron chi connectivity index (χ0n) is 6.50. The van der Waals surface area contributed by atoms with E-state index >= 15 is 0 Å². The van der Waals surface area contributed by atoms with Gasteiger partial charge >= 0.3 is 5.97 Å². The average Bonchev–Trinajstić information content (AvgIpc) is 2.16. The van der Waals surface area contributed by atoms with Crippen LogP contribution in [0, 0.1) is 0 Å². The number of carboxylic acid groups (broad SMARTS) is 1. The lowest BCUT2D eigenvalue weighted by Crippen LogP contribution is -1.99. The van der Waals surface area contributed by atoms with Gasteiger partial charge in [-0.3, -0.25) is 0 Å². The molecule has 2 nitrogen and oxygen atoms in total. The van der Waals surface area contributed by atoms with E-state index in [0.717, 1.165) is 0 Å². The van der Waals surface area contributed by atoms with Crippen molar-refractivity contribution < 1.29 is 9.90 Å². The largest absolute Gasteiger partial charge is 0.478 e. The Morgan fingerprint density at radius 1 is 1.31 bits per heavy atom. The maximum absolute atomic E-state index is 10.8. The molecule has 0 radical (unpaired) electrons. The topological polar surface area (TPSA) is 37.3 Å². The Hall–Kier alpha value is -0.610. The van der Waals surface area contributed by atoms with Crippen LogP contribution in [0.1, 0.15) is 15.9 Å². The zero-order chi connectivity index (χ0) is 9.84. The Bertz CT molecular complexity index is 358. The van der Waals surface area contributed by atoms with Crippen LogP contribution in [0.2, 0.25) is 0 Å². The second kappa shape index (κ2) is 4.58. The Labute approximate surface area is 92.5 Å². The van der Waals surface area contributed by atoms with E-state index in [1.807, 2.05) is 0 Å².